The van der Waals surface area contributed by atoms with Crippen molar-refractivity contribution >= 4 is 17.6 Å². The van der Waals surface area contributed by atoms with E-state index in [9.17, 15) is 4.79 Å². The maximum atomic E-state index is 11.0. The van der Waals surface area contributed by atoms with Gasteiger partial charge in [-0.2, -0.15) is 5.26 Å². The molecule has 1 heterocycles. The number of aromatic nitrogens is 2. The fraction of sp³-hybridized carbons (Fsp3) is 0.0526. The zero-order chi connectivity index (χ0) is 18.5. The molecule has 0 radical (unpaired) electrons. The number of ether oxygens (including phenoxy) is 1. The molecule has 0 atom stereocenters. The average molecular weight is 366 g/mol. The lowest BCUT2D eigenvalue weighted by molar-refractivity contribution is 0.0690. The van der Waals surface area contributed by atoms with E-state index in [1.165, 1.54) is 12.3 Å². The van der Waals surface area contributed by atoms with Crippen LogP contribution in [0.25, 0.3) is 11.4 Å². The van der Waals surface area contributed by atoms with Gasteiger partial charge in [0.25, 0.3) is 0 Å². The van der Waals surface area contributed by atoms with Crippen molar-refractivity contribution in [1.82, 2.24) is 9.97 Å². The van der Waals surface area contributed by atoms with Gasteiger partial charge in [-0.3, -0.25) is 0 Å². The highest BCUT2D eigenvalue weighted by Gasteiger charge is 2.09. The number of benzene rings is 2. The van der Waals surface area contributed by atoms with Gasteiger partial charge in [0.1, 0.15) is 12.4 Å². The number of carboxylic acid groups (broad SMARTS) is 1. The van der Waals surface area contributed by atoms with E-state index in [1.54, 1.807) is 42.5 Å². The number of carboxylic acids is 1. The predicted octanol–water partition coefficient (Wildman–Crippen LogP) is 3.95. The van der Waals surface area contributed by atoms with Crippen molar-refractivity contribution in [3.05, 3.63) is 76.6 Å². The maximum Gasteiger partial charge on any atom is 0.354 e. The fourth-order valence-corrected chi connectivity index (χ4v) is 2.43. The lowest BCUT2D eigenvalue weighted by Crippen LogP contribution is -2.02. The Balaban J connectivity index is 1.74. The largest absolute Gasteiger partial charge is 0.489 e. The van der Waals surface area contributed by atoms with Crippen LogP contribution in [0.3, 0.4) is 0 Å². The average Bonchev–Trinajstić information content (AvgIpc) is 2.67. The number of nitrogens with zero attached hydrogens (tertiary/aromatic N) is 3. The number of rotatable bonds is 5. The zero-order valence-electron chi connectivity index (χ0n) is 13.4. The van der Waals surface area contributed by atoms with Gasteiger partial charge in [-0.15, -0.1) is 0 Å². The molecule has 6 nitrogen and oxygen atoms in total. The van der Waals surface area contributed by atoms with Crippen molar-refractivity contribution in [1.29, 1.82) is 5.26 Å². The second-order valence-corrected chi connectivity index (χ2v) is 5.73. The Morgan fingerprint density at radius 3 is 2.65 bits per heavy atom. The van der Waals surface area contributed by atoms with Gasteiger partial charge < -0.3 is 9.84 Å². The van der Waals surface area contributed by atoms with Crippen LogP contribution < -0.4 is 4.74 Å². The van der Waals surface area contributed by atoms with E-state index in [4.69, 9.17) is 26.7 Å². The first-order valence-corrected chi connectivity index (χ1v) is 7.93. The van der Waals surface area contributed by atoms with E-state index in [-0.39, 0.29) is 12.3 Å². The summed E-state index contributed by atoms with van der Waals surface area (Å²) in [6.07, 6.45) is 1.40. The first-order valence-electron chi connectivity index (χ1n) is 7.55. The molecule has 3 rings (SSSR count). The second kappa shape index (κ2) is 7.64. The summed E-state index contributed by atoms with van der Waals surface area (Å²) in [7, 11) is 0. The van der Waals surface area contributed by atoms with Crippen molar-refractivity contribution in [3.63, 3.8) is 0 Å². The number of aromatic carboxylic acids is 1. The van der Waals surface area contributed by atoms with E-state index < -0.39 is 5.97 Å². The summed E-state index contributed by atoms with van der Waals surface area (Å²) in [6.45, 7) is 0.227. The smallest absolute Gasteiger partial charge is 0.354 e. The highest BCUT2D eigenvalue weighted by Crippen LogP contribution is 2.22. The van der Waals surface area contributed by atoms with Crippen molar-refractivity contribution < 1.29 is 14.6 Å². The van der Waals surface area contributed by atoms with Crippen molar-refractivity contribution in [2.75, 3.05) is 0 Å². The highest BCUT2D eigenvalue weighted by atomic mass is 35.5. The van der Waals surface area contributed by atoms with E-state index in [1.807, 2.05) is 0 Å². The Kier molecular flexibility index (Phi) is 5.11. The van der Waals surface area contributed by atoms with Crippen LogP contribution in [0.2, 0.25) is 5.02 Å². The molecule has 0 bridgehead atoms. The minimum Gasteiger partial charge on any atom is -0.489 e. The normalized spacial score (nSPS) is 10.2. The molecule has 3 aromatic rings. The zero-order valence-corrected chi connectivity index (χ0v) is 14.1. The monoisotopic (exact) mass is 365 g/mol. The van der Waals surface area contributed by atoms with Crippen LogP contribution >= 0.6 is 11.6 Å². The minimum absolute atomic E-state index is 0.0675. The molecule has 0 unspecified atom stereocenters. The molecule has 1 N–H and O–H groups in total. The molecule has 0 saturated heterocycles. The van der Waals surface area contributed by atoms with Gasteiger partial charge in [-0.25, -0.2) is 14.8 Å². The number of hydrogen-bond donors (Lipinski definition) is 1. The van der Waals surface area contributed by atoms with E-state index in [0.717, 1.165) is 5.56 Å². The Morgan fingerprint density at radius 1 is 1.19 bits per heavy atom. The van der Waals surface area contributed by atoms with Crippen molar-refractivity contribution in [2.24, 2.45) is 0 Å². The molecule has 128 valence electrons. The Hall–Kier alpha value is -3.43. The quantitative estimate of drug-likeness (QED) is 0.735. The molecular weight excluding hydrogens is 354 g/mol. The minimum atomic E-state index is -1.11. The van der Waals surface area contributed by atoms with Crippen molar-refractivity contribution in [3.8, 4) is 23.2 Å². The Labute approximate surface area is 154 Å². The van der Waals surface area contributed by atoms with Crippen LogP contribution in [0, 0.1) is 11.3 Å². The van der Waals surface area contributed by atoms with Crippen LogP contribution in [0.15, 0.2) is 54.7 Å². The molecule has 7 heteroatoms. The molecule has 1 aromatic heterocycles. The summed E-state index contributed by atoms with van der Waals surface area (Å²) in [5, 5.41) is 18.6. The third-order valence-electron chi connectivity index (χ3n) is 3.57. The second-order valence-electron chi connectivity index (χ2n) is 5.30. The van der Waals surface area contributed by atoms with Crippen LogP contribution in [-0.4, -0.2) is 21.0 Å². The third kappa shape index (κ3) is 3.97. The van der Waals surface area contributed by atoms with E-state index in [0.29, 0.717) is 27.7 Å². The van der Waals surface area contributed by atoms with Crippen LogP contribution in [0.5, 0.6) is 5.75 Å². The van der Waals surface area contributed by atoms with Gasteiger partial charge in [-0.1, -0.05) is 17.7 Å². The third-order valence-corrected chi connectivity index (χ3v) is 3.81. The van der Waals surface area contributed by atoms with Crippen molar-refractivity contribution in [2.45, 2.75) is 6.61 Å². The fourth-order valence-electron chi connectivity index (χ4n) is 2.26. The van der Waals surface area contributed by atoms with Gasteiger partial charge in [0, 0.05) is 22.3 Å². The summed E-state index contributed by atoms with van der Waals surface area (Å²) < 4.78 is 5.70. The SMILES string of the molecule is N#Cc1cc(Cl)ccc1COc1ccc(-c2nccc(C(=O)O)n2)cc1. The Morgan fingerprint density at radius 2 is 1.96 bits per heavy atom. The first-order chi connectivity index (χ1) is 12.6. The molecule has 0 aliphatic rings. The van der Waals surface area contributed by atoms with Gasteiger partial charge in [0.2, 0.25) is 0 Å². The highest BCUT2D eigenvalue weighted by molar-refractivity contribution is 6.30. The molecule has 0 spiro atoms. The van der Waals surface area contributed by atoms with Crippen LogP contribution in [-0.2, 0) is 6.61 Å². The summed E-state index contributed by atoms with van der Waals surface area (Å²) in [5.74, 6) is -0.187. The molecular formula is C19H12ClN3O3. The van der Waals surface area contributed by atoms with Gasteiger partial charge in [0.15, 0.2) is 11.5 Å². The first kappa shape index (κ1) is 17.4. The van der Waals surface area contributed by atoms with Crippen LogP contribution in [0.1, 0.15) is 21.6 Å². The predicted molar refractivity (Wildman–Crippen MR) is 94.9 cm³/mol. The summed E-state index contributed by atoms with van der Waals surface area (Å²) in [5.41, 5.74) is 1.80. The van der Waals surface area contributed by atoms with E-state index in [2.05, 4.69) is 16.0 Å². The number of hydrogen-bond acceptors (Lipinski definition) is 5. The molecule has 0 amide bonds. The maximum absolute atomic E-state index is 11.0. The summed E-state index contributed by atoms with van der Waals surface area (Å²) in [6, 6.07) is 15.4. The lowest BCUT2D eigenvalue weighted by Gasteiger charge is -2.09. The summed E-state index contributed by atoms with van der Waals surface area (Å²) in [4.78, 5) is 19.1. The number of halogens is 1. The number of carbonyl (C=O) groups is 1. The van der Waals surface area contributed by atoms with Gasteiger partial charge in [0.05, 0.1) is 11.6 Å². The molecule has 26 heavy (non-hydrogen) atoms. The molecule has 0 saturated carbocycles. The van der Waals surface area contributed by atoms with E-state index >= 15 is 0 Å². The molecule has 0 aliphatic heterocycles. The Bertz CT molecular complexity index is 998. The topological polar surface area (TPSA) is 96.1 Å². The van der Waals surface area contributed by atoms with Gasteiger partial charge >= 0.3 is 5.97 Å². The summed E-state index contributed by atoms with van der Waals surface area (Å²) >= 11 is 5.88. The molecule has 0 aliphatic carbocycles. The standard InChI is InChI=1S/C19H12ClN3O3/c20-15-4-1-13(14(9-15)10-21)11-26-16-5-2-12(3-6-16)18-22-8-7-17(23-18)19(24)25/h1-9H,11H2,(H,24,25). The lowest BCUT2D eigenvalue weighted by atomic mass is 10.1. The van der Waals surface area contributed by atoms with Crippen LogP contribution in [0.4, 0.5) is 0 Å². The van der Waals surface area contributed by atoms with Gasteiger partial charge in [-0.05, 0) is 42.5 Å². The number of nitriles is 1. The molecule has 0 fully saturated rings. The molecule has 2 aromatic carbocycles.